The summed E-state index contributed by atoms with van der Waals surface area (Å²) in [5.74, 6) is 0.767. The Labute approximate surface area is 138 Å². The van der Waals surface area contributed by atoms with E-state index in [1.165, 1.54) is 24.1 Å². The summed E-state index contributed by atoms with van der Waals surface area (Å²) in [7, 11) is 0. The summed E-state index contributed by atoms with van der Waals surface area (Å²) in [5, 5.41) is 8.46. The Morgan fingerprint density at radius 3 is 2.59 bits per heavy atom. The number of nitrogens with one attached hydrogen (secondary N) is 2. The van der Waals surface area contributed by atoms with E-state index >= 15 is 0 Å². The monoisotopic (exact) mass is 315 g/mol. The van der Waals surface area contributed by atoms with Crippen LogP contribution >= 0.6 is 12.2 Å². The van der Waals surface area contributed by atoms with Crippen LogP contribution in [-0.2, 0) is 6.54 Å². The molecule has 3 rings (SSSR count). The van der Waals surface area contributed by atoms with Crippen molar-refractivity contribution in [1.82, 2.24) is 10.7 Å². The van der Waals surface area contributed by atoms with Crippen molar-refractivity contribution < 1.29 is 0 Å². The van der Waals surface area contributed by atoms with Gasteiger partial charge in [0.25, 0.3) is 0 Å². The van der Waals surface area contributed by atoms with Crippen LogP contribution in [-0.4, -0.2) is 10.8 Å². The molecule has 2 N–H and O–H groups in total. The molecule has 0 amide bonds. The molecule has 2 aliphatic carbocycles. The van der Waals surface area contributed by atoms with E-state index in [0.717, 1.165) is 18.9 Å². The second-order valence-corrected chi connectivity index (χ2v) is 7.74. The molecule has 0 radical (unpaired) electrons. The molecule has 0 saturated heterocycles. The fourth-order valence-corrected chi connectivity index (χ4v) is 4.15. The van der Waals surface area contributed by atoms with E-state index in [4.69, 9.17) is 12.2 Å². The summed E-state index contributed by atoms with van der Waals surface area (Å²) in [6, 6.07) is 10.3. The first-order chi connectivity index (χ1) is 10.4. The van der Waals surface area contributed by atoms with E-state index in [-0.39, 0.29) is 5.41 Å². The van der Waals surface area contributed by atoms with Crippen molar-refractivity contribution in [2.24, 2.45) is 21.8 Å². The molecule has 0 heterocycles. The third kappa shape index (κ3) is 2.54. The average Bonchev–Trinajstić information content (AvgIpc) is 2.85. The number of benzene rings is 1. The van der Waals surface area contributed by atoms with Crippen LogP contribution in [0.5, 0.6) is 0 Å². The molecule has 0 spiro atoms. The molecular weight excluding hydrogens is 290 g/mol. The van der Waals surface area contributed by atoms with Crippen molar-refractivity contribution in [3.8, 4) is 0 Å². The zero-order valence-electron chi connectivity index (χ0n) is 13.6. The number of rotatable bonds is 3. The van der Waals surface area contributed by atoms with Gasteiger partial charge in [-0.2, -0.15) is 5.10 Å². The van der Waals surface area contributed by atoms with Gasteiger partial charge in [0.05, 0.1) is 0 Å². The van der Waals surface area contributed by atoms with Crippen LogP contribution in [0.2, 0.25) is 0 Å². The van der Waals surface area contributed by atoms with Gasteiger partial charge in [-0.1, -0.05) is 51.1 Å². The van der Waals surface area contributed by atoms with Crippen molar-refractivity contribution in [3.63, 3.8) is 0 Å². The van der Waals surface area contributed by atoms with Crippen LogP contribution in [0.25, 0.3) is 0 Å². The van der Waals surface area contributed by atoms with Crippen molar-refractivity contribution >= 4 is 23.0 Å². The van der Waals surface area contributed by atoms with Crippen molar-refractivity contribution in [1.29, 1.82) is 0 Å². The number of fused-ring (bicyclic) bond motifs is 2. The zero-order valence-corrected chi connectivity index (χ0v) is 14.5. The van der Waals surface area contributed by atoms with Gasteiger partial charge in [0.15, 0.2) is 5.11 Å². The summed E-state index contributed by atoms with van der Waals surface area (Å²) < 4.78 is 0. The number of nitrogens with zero attached hydrogens (tertiary/aromatic N) is 1. The van der Waals surface area contributed by atoms with Crippen LogP contribution in [0, 0.1) is 16.7 Å². The van der Waals surface area contributed by atoms with Crippen LogP contribution in [0.3, 0.4) is 0 Å². The summed E-state index contributed by atoms with van der Waals surface area (Å²) in [4.78, 5) is 0. The lowest BCUT2D eigenvalue weighted by atomic mass is 9.70. The van der Waals surface area contributed by atoms with Gasteiger partial charge >= 0.3 is 0 Å². The number of thiocarbonyl (C=S) groups is 1. The van der Waals surface area contributed by atoms with E-state index < -0.39 is 0 Å². The Kier molecular flexibility index (Phi) is 3.98. The minimum Gasteiger partial charge on any atom is -0.357 e. The van der Waals surface area contributed by atoms with E-state index in [9.17, 15) is 0 Å². The van der Waals surface area contributed by atoms with Crippen LogP contribution in [0.4, 0.5) is 0 Å². The topological polar surface area (TPSA) is 36.4 Å². The molecule has 2 bridgehead atoms. The highest BCUT2D eigenvalue weighted by Gasteiger charge is 2.59. The molecule has 118 valence electrons. The van der Waals surface area contributed by atoms with Gasteiger partial charge in [-0.05, 0) is 48.4 Å². The highest BCUT2D eigenvalue weighted by atomic mass is 32.1. The Bertz CT molecular complexity index is 594. The second kappa shape index (κ2) is 5.65. The largest absolute Gasteiger partial charge is 0.357 e. The Morgan fingerprint density at radius 2 is 2.00 bits per heavy atom. The third-order valence-corrected chi connectivity index (χ3v) is 6.34. The Hall–Kier alpha value is -1.42. The van der Waals surface area contributed by atoms with E-state index in [1.807, 2.05) is 18.2 Å². The van der Waals surface area contributed by atoms with Crippen LogP contribution < -0.4 is 10.7 Å². The molecule has 1 aromatic carbocycles. The third-order valence-electron chi connectivity index (χ3n) is 6.10. The Morgan fingerprint density at radius 1 is 1.27 bits per heavy atom. The van der Waals surface area contributed by atoms with Crippen LogP contribution in [0.15, 0.2) is 35.4 Å². The first-order valence-corrected chi connectivity index (χ1v) is 8.49. The highest BCUT2D eigenvalue weighted by molar-refractivity contribution is 7.80. The number of hydrazone groups is 1. The molecule has 2 atom stereocenters. The maximum atomic E-state index is 5.34. The fourth-order valence-electron chi connectivity index (χ4n) is 4.03. The predicted molar refractivity (Wildman–Crippen MR) is 95.7 cm³/mol. The maximum absolute atomic E-state index is 5.34. The van der Waals surface area contributed by atoms with Crippen molar-refractivity contribution in [3.05, 3.63) is 35.9 Å². The molecular formula is C18H25N3S. The smallest absolute Gasteiger partial charge is 0.187 e. The van der Waals surface area contributed by atoms with Crippen molar-refractivity contribution in [2.75, 3.05) is 0 Å². The lowest BCUT2D eigenvalue weighted by Crippen LogP contribution is -2.36. The quantitative estimate of drug-likeness (QED) is 0.657. The molecule has 3 nitrogen and oxygen atoms in total. The molecule has 22 heavy (non-hydrogen) atoms. The standard InChI is InChI=1S/C18H25N3S/c1-17(2)14-9-10-18(17,3)15(11-14)20-21-16(22)19-12-13-7-5-4-6-8-13/h4-8,14H,9-12H2,1-3H3,(H2,19,21,22)/b20-15+/t14-,18+/m1/s1. The lowest BCUT2D eigenvalue weighted by molar-refractivity contribution is 0.193. The Balaban J connectivity index is 1.57. The number of hydrogen-bond donors (Lipinski definition) is 2. The van der Waals surface area contributed by atoms with Gasteiger partial charge in [0.2, 0.25) is 0 Å². The van der Waals surface area contributed by atoms with Gasteiger partial charge in [0.1, 0.15) is 0 Å². The summed E-state index contributed by atoms with van der Waals surface area (Å²) >= 11 is 5.34. The molecule has 2 saturated carbocycles. The van der Waals surface area contributed by atoms with E-state index in [1.54, 1.807) is 0 Å². The molecule has 2 fully saturated rings. The summed E-state index contributed by atoms with van der Waals surface area (Å²) in [6.07, 6.45) is 3.69. The van der Waals surface area contributed by atoms with Gasteiger partial charge < -0.3 is 5.32 Å². The van der Waals surface area contributed by atoms with E-state index in [0.29, 0.717) is 10.5 Å². The lowest BCUT2D eigenvalue weighted by Gasteiger charge is -2.34. The normalized spacial score (nSPS) is 30.5. The minimum absolute atomic E-state index is 0.222. The SMILES string of the molecule is CC1(C)[C@@H]2CC[C@@]1(C)/C(=N/NC(=S)NCc1ccccc1)C2. The average molecular weight is 315 g/mol. The first kappa shape index (κ1) is 15.5. The molecule has 2 aliphatic rings. The van der Waals surface area contributed by atoms with Gasteiger partial charge in [-0.25, -0.2) is 0 Å². The first-order valence-electron chi connectivity index (χ1n) is 8.08. The summed E-state index contributed by atoms with van der Waals surface area (Å²) in [6.45, 7) is 7.86. The van der Waals surface area contributed by atoms with Gasteiger partial charge in [-0.3, -0.25) is 5.43 Å². The molecule has 0 unspecified atom stereocenters. The second-order valence-electron chi connectivity index (χ2n) is 7.33. The molecule has 0 aliphatic heterocycles. The van der Waals surface area contributed by atoms with E-state index in [2.05, 4.69) is 48.7 Å². The van der Waals surface area contributed by atoms with Gasteiger partial charge in [-0.15, -0.1) is 0 Å². The molecule has 4 heteroatoms. The minimum atomic E-state index is 0.222. The zero-order chi connectivity index (χ0) is 15.8. The maximum Gasteiger partial charge on any atom is 0.187 e. The molecule has 0 aromatic heterocycles. The fraction of sp³-hybridized carbons (Fsp3) is 0.556. The summed E-state index contributed by atoms with van der Waals surface area (Å²) in [5.41, 5.74) is 6.13. The molecule has 1 aromatic rings. The van der Waals surface area contributed by atoms with Crippen LogP contribution in [0.1, 0.15) is 45.6 Å². The number of hydrogen-bond acceptors (Lipinski definition) is 2. The van der Waals surface area contributed by atoms with Gasteiger partial charge in [0, 0.05) is 17.7 Å². The van der Waals surface area contributed by atoms with Crippen molar-refractivity contribution in [2.45, 2.75) is 46.6 Å². The highest BCUT2D eigenvalue weighted by Crippen LogP contribution is 2.63. The predicted octanol–water partition coefficient (Wildman–Crippen LogP) is 3.85.